The van der Waals surface area contributed by atoms with Gasteiger partial charge in [-0.25, -0.2) is 4.98 Å². The van der Waals surface area contributed by atoms with Gasteiger partial charge in [0.25, 0.3) is 0 Å². The standard InChI is InChI=1S/C12H8Cl2F3N3/c13-6-1-3-9(7(5-6)12(15,16)17)19-11-8(18)2-4-10(14)20-11/h1-5H,18H2,(H,19,20). The SMILES string of the molecule is Nc1ccc(Cl)nc1Nc1ccc(Cl)cc1C(F)(F)F. The lowest BCUT2D eigenvalue weighted by Gasteiger charge is -2.15. The van der Waals surface area contributed by atoms with E-state index >= 15 is 0 Å². The lowest BCUT2D eigenvalue weighted by Crippen LogP contribution is -2.10. The van der Waals surface area contributed by atoms with E-state index in [4.69, 9.17) is 28.9 Å². The van der Waals surface area contributed by atoms with Crippen molar-refractivity contribution in [2.24, 2.45) is 0 Å². The molecular weight excluding hydrogens is 314 g/mol. The maximum atomic E-state index is 12.9. The van der Waals surface area contributed by atoms with E-state index in [1.807, 2.05) is 0 Å². The van der Waals surface area contributed by atoms with Crippen molar-refractivity contribution in [3.8, 4) is 0 Å². The number of hydrogen-bond donors (Lipinski definition) is 2. The van der Waals surface area contributed by atoms with E-state index in [9.17, 15) is 13.2 Å². The highest BCUT2D eigenvalue weighted by Crippen LogP contribution is 2.38. The largest absolute Gasteiger partial charge is 0.418 e. The monoisotopic (exact) mass is 321 g/mol. The zero-order chi connectivity index (χ0) is 14.9. The summed E-state index contributed by atoms with van der Waals surface area (Å²) in [5.74, 6) is 0.0466. The number of nitrogens with zero attached hydrogens (tertiary/aromatic N) is 1. The molecule has 0 saturated heterocycles. The van der Waals surface area contributed by atoms with Crippen LogP contribution < -0.4 is 11.1 Å². The lowest BCUT2D eigenvalue weighted by molar-refractivity contribution is -0.136. The zero-order valence-electron chi connectivity index (χ0n) is 9.80. The maximum Gasteiger partial charge on any atom is 0.418 e. The van der Waals surface area contributed by atoms with Crippen LogP contribution in [0.15, 0.2) is 30.3 Å². The van der Waals surface area contributed by atoms with E-state index in [1.54, 1.807) is 0 Å². The molecule has 0 atom stereocenters. The highest BCUT2D eigenvalue weighted by Gasteiger charge is 2.34. The molecule has 2 rings (SSSR count). The Hall–Kier alpha value is -1.66. The van der Waals surface area contributed by atoms with Crippen LogP contribution in [0.25, 0.3) is 0 Å². The molecule has 0 spiro atoms. The summed E-state index contributed by atoms with van der Waals surface area (Å²) in [5, 5.41) is 2.61. The Kier molecular flexibility index (Phi) is 3.96. The Bertz CT molecular complexity index is 644. The van der Waals surface area contributed by atoms with Crippen molar-refractivity contribution < 1.29 is 13.2 Å². The van der Waals surface area contributed by atoms with Gasteiger partial charge >= 0.3 is 6.18 Å². The minimum Gasteiger partial charge on any atom is -0.396 e. The molecule has 0 saturated carbocycles. The van der Waals surface area contributed by atoms with Crippen LogP contribution in [0, 0.1) is 0 Å². The van der Waals surface area contributed by atoms with Crippen molar-refractivity contribution >= 4 is 40.4 Å². The third-order valence-electron chi connectivity index (χ3n) is 2.43. The smallest absolute Gasteiger partial charge is 0.396 e. The van der Waals surface area contributed by atoms with Crippen LogP contribution in [-0.4, -0.2) is 4.98 Å². The van der Waals surface area contributed by atoms with Gasteiger partial charge < -0.3 is 11.1 Å². The molecule has 0 fully saturated rings. The van der Waals surface area contributed by atoms with Crippen molar-refractivity contribution in [1.29, 1.82) is 0 Å². The molecule has 0 aliphatic heterocycles. The van der Waals surface area contributed by atoms with Gasteiger partial charge in [-0.1, -0.05) is 23.2 Å². The first-order valence-corrected chi connectivity index (χ1v) is 6.09. The molecule has 1 aromatic carbocycles. The summed E-state index contributed by atoms with van der Waals surface area (Å²) in [5.41, 5.74) is 4.70. The summed E-state index contributed by atoms with van der Waals surface area (Å²) in [6.45, 7) is 0. The molecule has 8 heteroatoms. The molecule has 0 amide bonds. The van der Waals surface area contributed by atoms with Crippen molar-refractivity contribution in [1.82, 2.24) is 4.98 Å². The van der Waals surface area contributed by atoms with Gasteiger partial charge in [-0.3, -0.25) is 0 Å². The first kappa shape index (κ1) is 14.7. The summed E-state index contributed by atoms with van der Waals surface area (Å²) in [4.78, 5) is 3.84. The van der Waals surface area contributed by atoms with Crippen molar-refractivity contribution in [2.45, 2.75) is 6.18 Å². The molecule has 0 aliphatic rings. The Balaban J connectivity index is 2.46. The van der Waals surface area contributed by atoms with Crippen molar-refractivity contribution in [2.75, 3.05) is 11.1 Å². The number of rotatable bonds is 2. The fourth-order valence-electron chi connectivity index (χ4n) is 1.53. The van der Waals surface area contributed by atoms with Gasteiger partial charge in [0.15, 0.2) is 5.82 Å². The summed E-state index contributed by atoms with van der Waals surface area (Å²) in [6, 6.07) is 6.24. The van der Waals surface area contributed by atoms with Crippen molar-refractivity contribution in [3.63, 3.8) is 0 Å². The van der Waals surface area contributed by atoms with Gasteiger partial charge in [-0.15, -0.1) is 0 Å². The van der Waals surface area contributed by atoms with Crippen LogP contribution in [0.2, 0.25) is 10.2 Å². The third kappa shape index (κ3) is 3.26. The highest BCUT2D eigenvalue weighted by molar-refractivity contribution is 6.30. The minimum absolute atomic E-state index is 0.0186. The van der Waals surface area contributed by atoms with Crippen LogP contribution in [0.1, 0.15) is 5.56 Å². The molecule has 2 aromatic rings. The number of hydrogen-bond acceptors (Lipinski definition) is 3. The molecule has 3 nitrogen and oxygen atoms in total. The second-order valence-electron chi connectivity index (χ2n) is 3.88. The van der Waals surface area contributed by atoms with Gasteiger partial charge in [0, 0.05) is 5.02 Å². The number of alkyl halides is 3. The van der Waals surface area contributed by atoms with Crippen LogP contribution in [0.3, 0.4) is 0 Å². The topological polar surface area (TPSA) is 50.9 Å². The van der Waals surface area contributed by atoms with Crippen LogP contribution in [0.5, 0.6) is 0 Å². The predicted molar refractivity (Wildman–Crippen MR) is 73.4 cm³/mol. The average Bonchev–Trinajstić information content (AvgIpc) is 2.34. The Morgan fingerprint density at radius 3 is 2.45 bits per heavy atom. The molecule has 0 aliphatic carbocycles. The molecular formula is C12H8Cl2F3N3. The van der Waals surface area contributed by atoms with Gasteiger partial charge in [0.2, 0.25) is 0 Å². The van der Waals surface area contributed by atoms with Crippen LogP contribution >= 0.6 is 23.2 Å². The second kappa shape index (κ2) is 5.38. The van der Waals surface area contributed by atoms with Crippen LogP contribution in [0.4, 0.5) is 30.4 Å². The molecule has 0 bridgehead atoms. The van der Waals surface area contributed by atoms with E-state index in [0.29, 0.717) is 0 Å². The number of nitrogen functional groups attached to an aromatic ring is 1. The van der Waals surface area contributed by atoms with Crippen LogP contribution in [-0.2, 0) is 6.18 Å². The maximum absolute atomic E-state index is 12.9. The quantitative estimate of drug-likeness (QED) is 0.786. The Morgan fingerprint density at radius 2 is 1.80 bits per heavy atom. The second-order valence-corrected chi connectivity index (χ2v) is 4.71. The molecule has 106 valence electrons. The fraction of sp³-hybridized carbons (Fsp3) is 0.0833. The molecule has 1 aromatic heterocycles. The van der Waals surface area contributed by atoms with E-state index in [2.05, 4.69) is 10.3 Å². The summed E-state index contributed by atoms with van der Waals surface area (Å²) < 4.78 is 38.8. The highest BCUT2D eigenvalue weighted by atomic mass is 35.5. The number of halogens is 5. The van der Waals surface area contributed by atoms with E-state index in [0.717, 1.165) is 6.07 Å². The zero-order valence-corrected chi connectivity index (χ0v) is 11.3. The van der Waals surface area contributed by atoms with E-state index in [1.165, 1.54) is 24.3 Å². The Labute approximate surface area is 122 Å². The third-order valence-corrected chi connectivity index (χ3v) is 2.88. The fourth-order valence-corrected chi connectivity index (χ4v) is 1.85. The molecule has 0 unspecified atom stereocenters. The summed E-state index contributed by atoms with van der Waals surface area (Å²) >= 11 is 11.3. The molecule has 0 radical (unpaired) electrons. The Morgan fingerprint density at radius 1 is 1.10 bits per heavy atom. The van der Waals surface area contributed by atoms with Gasteiger partial charge in [0.05, 0.1) is 16.9 Å². The predicted octanol–water partition coefficient (Wildman–Crippen LogP) is 4.73. The summed E-state index contributed by atoms with van der Waals surface area (Å²) in [7, 11) is 0. The molecule has 20 heavy (non-hydrogen) atoms. The minimum atomic E-state index is -4.55. The average molecular weight is 322 g/mol. The van der Waals surface area contributed by atoms with E-state index in [-0.39, 0.29) is 27.4 Å². The number of nitrogens with two attached hydrogens (primary N) is 1. The number of pyridine rings is 1. The normalized spacial score (nSPS) is 11.4. The van der Waals surface area contributed by atoms with Gasteiger partial charge in [-0.2, -0.15) is 13.2 Å². The first-order valence-electron chi connectivity index (χ1n) is 5.33. The van der Waals surface area contributed by atoms with E-state index < -0.39 is 11.7 Å². The molecule has 1 heterocycles. The van der Waals surface area contributed by atoms with Gasteiger partial charge in [-0.05, 0) is 30.3 Å². The van der Waals surface area contributed by atoms with Gasteiger partial charge in [0.1, 0.15) is 5.15 Å². The van der Waals surface area contributed by atoms with Crippen molar-refractivity contribution in [3.05, 3.63) is 46.1 Å². The number of anilines is 3. The lowest BCUT2D eigenvalue weighted by atomic mass is 10.1. The number of nitrogens with one attached hydrogen (secondary N) is 1. The molecule has 3 N–H and O–H groups in total. The summed E-state index contributed by atoms with van der Waals surface area (Å²) in [6.07, 6.45) is -4.55. The number of benzene rings is 1. The first-order chi connectivity index (χ1) is 9.27. The number of aromatic nitrogens is 1.